The first-order valence-electron chi connectivity index (χ1n) is 4.34. The Bertz CT molecular complexity index is 182. The van der Waals surface area contributed by atoms with Crippen LogP contribution < -0.4 is 0 Å². The van der Waals surface area contributed by atoms with Gasteiger partial charge in [-0.05, 0) is 12.5 Å². The van der Waals surface area contributed by atoms with Crippen LogP contribution in [0.3, 0.4) is 0 Å². The van der Waals surface area contributed by atoms with Crippen molar-refractivity contribution in [3.05, 3.63) is 12.2 Å². The van der Waals surface area contributed by atoms with E-state index in [2.05, 4.69) is 0 Å². The highest BCUT2D eigenvalue weighted by Crippen LogP contribution is 2.01. The summed E-state index contributed by atoms with van der Waals surface area (Å²) in [6, 6.07) is 1.42. The molecule has 1 rings (SSSR count). The number of rotatable bonds is 2. The van der Waals surface area contributed by atoms with Crippen LogP contribution in [0.4, 0.5) is 0 Å². The van der Waals surface area contributed by atoms with Crippen molar-refractivity contribution in [2.75, 3.05) is 6.61 Å². The lowest BCUT2D eigenvalue weighted by atomic mass is 10.4. The Morgan fingerprint density at radius 1 is 1.14 bits per heavy atom. The van der Waals surface area contributed by atoms with Gasteiger partial charge in [0, 0.05) is 18.8 Å². The standard InChI is InChI=1S/C4H4O4.C4H10OSi/c5-3(6)1-2-4(7)8;1-2-4-6-5-3-1/h1-2H,(H,5,6)(H,7,8);1-4,6H2/b2-1+;. The molecule has 0 unspecified atom stereocenters. The SMILES string of the molecule is C1CC[SiH2]OC1.O=C(O)/C=C/C(=O)O. The Labute approximate surface area is 84.3 Å². The van der Waals surface area contributed by atoms with Gasteiger partial charge >= 0.3 is 11.9 Å². The highest BCUT2D eigenvalue weighted by molar-refractivity contribution is 6.27. The van der Waals surface area contributed by atoms with Crippen molar-refractivity contribution in [3.63, 3.8) is 0 Å². The summed E-state index contributed by atoms with van der Waals surface area (Å²) in [4.78, 5) is 19.1. The number of aliphatic carboxylic acids is 2. The molecule has 1 aliphatic rings. The van der Waals surface area contributed by atoms with Gasteiger partial charge in [0.25, 0.3) is 0 Å². The predicted octanol–water partition coefficient (Wildman–Crippen LogP) is 0.0107. The molecule has 0 aromatic heterocycles. The second-order valence-electron chi connectivity index (χ2n) is 2.68. The van der Waals surface area contributed by atoms with E-state index in [4.69, 9.17) is 14.6 Å². The fraction of sp³-hybridized carbons (Fsp3) is 0.500. The summed E-state index contributed by atoms with van der Waals surface area (Å²) in [6.45, 7) is 1.06. The molecule has 1 aliphatic heterocycles. The maximum absolute atomic E-state index is 9.55. The van der Waals surface area contributed by atoms with E-state index in [1.54, 1.807) is 0 Å². The van der Waals surface area contributed by atoms with Crippen LogP contribution in [0.1, 0.15) is 12.8 Å². The summed E-state index contributed by atoms with van der Waals surface area (Å²) in [5, 5.41) is 15.6. The van der Waals surface area contributed by atoms with Gasteiger partial charge in [0.2, 0.25) is 0 Å². The van der Waals surface area contributed by atoms with Gasteiger partial charge in [-0.25, -0.2) is 9.59 Å². The lowest BCUT2D eigenvalue weighted by Crippen LogP contribution is -2.06. The van der Waals surface area contributed by atoms with E-state index in [1.165, 1.54) is 18.9 Å². The summed E-state index contributed by atoms with van der Waals surface area (Å²) < 4.78 is 5.21. The Balaban J connectivity index is 0.000000249. The molecule has 2 N–H and O–H groups in total. The molecule has 0 atom stereocenters. The molecule has 5 nitrogen and oxygen atoms in total. The average Bonchev–Trinajstić information content (AvgIpc) is 2.18. The van der Waals surface area contributed by atoms with Crippen LogP contribution in [0.15, 0.2) is 12.2 Å². The molecule has 0 aliphatic carbocycles. The van der Waals surface area contributed by atoms with Crippen LogP contribution in [0, 0.1) is 0 Å². The molecule has 1 heterocycles. The summed E-state index contributed by atoms with van der Waals surface area (Å²) in [6.07, 6.45) is 3.86. The second kappa shape index (κ2) is 8.45. The third kappa shape index (κ3) is 10.9. The van der Waals surface area contributed by atoms with Gasteiger partial charge in [0.15, 0.2) is 9.76 Å². The molecule has 14 heavy (non-hydrogen) atoms. The van der Waals surface area contributed by atoms with Crippen molar-refractivity contribution in [2.45, 2.75) is 18.9 Å². The van der Waals surface area contributed by atoms with Crippen molar-refractivity contribution < 1.29 is 24.2 Å². The number of hydrogen-bond donors (Lipinski definition) is 2. The van der Waals surface area contributed by atoms with Crippen molar-refractivity contribution in [1.29, 1.82) is 0 Å². The van der Waals surface area contributed by atoms with Crippen molar-refractivity contribution in [3.8, 4) is 0 Å². The smallest absolute Gasteiger partial charge is 0.328 e. The number of carboxylic acids is 2. The van der Waals surface area contributed by atoms with Crippen molar-refractivity contribution >= 4 is 21.7 Å². The van der Waals surface area contributed by atoms with Crippen LogP contribution in [-0.4, -0.2) is 38.5 Å². The molecule has 0 spiro atoms. The zero-order chi connectivity index (χ0) is 10.8. The second-order valence-corrected chi connectivity index (χ2v) is 4.21. The normalized spacial score (nSPS) is 17.4. The minimum Gasteiger partial charge on any atom is -0.478 e. The zero-order valence-corrected chi connectivity index (χ0v) is 9.22. The lowest BCUT2D eigenvalue weighted by molar-refractivity contribution is -0.134. The van der Waals surface area contributed by atoms with E-state index in [-0.39, 0.29) is 9.76 Å². The van der Waals surface area contributed by atoms with E-state index in [0.717, 1.165) is 6.61 Å². The summed E-state index contributed by atoms with van der Waals surface area (Å²) in [7, 11) is 0.00849. The van der Waals surface area contributed by atoms with E-state index in [1.807, 2.05) is 0 Å². The lowest BCUT2D eigenvalue weighted by Gasteiger charge is -2.07. The van der Waals surface area contributed by atoms with Crippen LogP contribution in [0.25, 0.3) is 0 Å². The molecular formula is C8H14O5Si. The topological polar surface area (TPSA) is 83.8 Å². The molecule has 0 bridgehead atoms. The largest absolute Gasteiger partial charge is 0.478 e. The van der Waals surface area contributed by atoms with Crippen molar-refractivity contribution in [1.82, 2.24) is 0 Å². The Hall–Kier alpha value is -1.14. The van der Waals surface area contributed by atoms with Gasteiger partial charge in [0.1, 0.15) is 0 Å². The summed E-state index contributed by atoms with van der Waals surface area (Å²) in [5.74, 6) is -2.51. The average molecular weight is 218 g/mol. The molecule has 0 aromatic rings. The summed E-state index contributed by atoms with van der Waals surface area (Å²) >= 11 is 0. The first-order chi connectivity index (χ1) is 6.63. The molecular weight excluding hydrogens is 204 g/mol. The minimum absolute atomic E-state index is 0.00849. The third-order valence-electron chi connectivity index (χ3n) is 1.45. The van der Waals surface area contributed by atoms with Gasteiger partial charge < -0.3 is 14.6 Å². The van der Waals surface area contributed by atoms with Gasteiger partial charge in [-0.3, -0.25) is 0 Å². The number of hydrogen-bond acceptors (Lipinski definition) is 3. The van der Waals surface area contributed by atoms with E-state index in [9.17, 15) is 9.59 Å². The van der Waals surface area contributed by atoms with Gasteiger partial charge in [-0.1, -0.05) is 6.42 Å². The molecule has 6 heteroatoms. The maximum Gasteiger partial charge on any atom is 0.328 e. The fourth-order valence-corrected chi connectivity index (χ4v) is 2.00. The highest BCUT2D eigenvalue weighted by Gasteiger charge is 1.96. The van der Waals surface area contributed by atoms with Crippen LogP contribution in [0.2, 0.25) is 6.04 Å². The van der Waals surface area contributed by atoms with Gasteiger partial charge in [-0.2, -0.15) is 0 Å². The Morgan fingerprint density at radius 3 is 1.86 bits per heavy atom. The number of carboxylic acid groups (broad SMARTS) is 2. The number of carbonyl (C=O) groups is 2. The summed E-state index contributed by atoms with van der Waals surface area (Å²) in [5.41, 5.74) is 0. The molecule has 0 aromatic carbocycles. The monoisotopic (exact) mass is 218 g/mol. The Morgan fingerprint density at radius 2 is 1.71 bits per heavy atom. The first-order valence-corrected chi connectivity index (χ1v) is 5.92. The molecule has 0 saturated carbocycles. The quantitative estimate of drug-likeness (QED) is 0.504. The minimum atomic E-state index is -1.26. The van der Waals surface area contributed by atoms with Gasteiger partial charge in [-0.15, -0.1) is 0 Å². The molecule has 0 radical (unpaired) electrons. The highest BCUT2D eigenvalue weighted by atomic mass is 28.2. The predicted molar refractivity (Wildman–Crippen MR) is 52.9 cm³/mol. The van der Waals surface area contributed by atoms with Crippen LogP contribution in [-0.2, 0) is 14.0 Å². The molecule has 80 valence electrons. The van der Waals surface area contributed by atoms with Crippen LogP contribution in [0.5, 0.6) is 0 Å². The Kier molecular flexibility index (Phi) is 7.76. The molecule has 1 fully saturated rings. The van der Waals surface area contributed by atoms with Crippen LogP contribution >= 0.6 is 0 Å². The fourth-order valence-electron chi connectivity index (χ4n) is 0.830. The molecule has 0 amide bonds. The van der Waals surface area contributed by atoms with E-state index in [0.29, 0.717) is 12.2 Å². The van der Waals surface area contributed by atoms with E-state index < -0.39 is 11.9 Å². The first kappa shape index (κ1) is 12.9. The van der Waals surface area contributed by atoms with E-state index >= 15 is 0 Å². The molecule has 1 saturated heterocycles. The van der Waals surface area contributed by atoms with Gasteiger partial charge in [0.05, 0.1) is 0 Å². The zero-order valence-electron chi connectivity index (χ0n) is 7.81. The third-order valence-corrected chi connectivity index (χ3v) is 2.81. The van der Waals surface area contributed by atoms with Crippen molar-refractivity contribution in [2.24, 2.45) is 0 Å². The maximum atomic E-state index is 9.55.